The lowest BCUT2D eigenvalue weighted by Gasteiger charge is -2.36. The van der Waals surface area contributed by atoms with Gasteiger partial charge in [-0.05, 0) is 62.1 Å². The van der Waals surface area contributed by atoms with E-state index in [1.165, 1.54) is 24.0 Å². The Morgan fingerprint density at radius 1 is 1.24 bits per heavy atom. The third-order valence-electron chi connectivity index (χ3n) is 5.59. The van der Waals surface area contributed by atoms with Crippen LogP contribution in [0.15, 0.2) is 24.3 Å². The Bertz CT molecular complexity index is 495. The molecular formula is C18H25NO2. The number of nitrogens with zero attached hydrogens (tertiary/aromatic N) is 1. The number of rotatable bonds is 4. The summed E-state index contributed by atoms with van der Waals surface area (Å²) in [4.78, 5) is 13.7. The molecule has 1 saturated carbocycles. The standard InChI is InChI=1S/C18H25NO2/c1-3-16(18(20)21)19(2)17-14-8-9-15(17)11-13-7-5-4-6-12(13)10-14/h4-7,14-17H,3,8-11H2,1-2H3,(H,20,21). The normalized spacial score (nSPS) is 29.0. The van der Waals surface area contributed by atoms with Gasteiger partial charge in [0.2, 0.25) is 0 Å². The van der Waals surface area contributed by atoms with Crippen molar-refractivity contribution >= 4 is 5.97 Å². The zero-order valence-corrected chi connectivity index (χ0v) is 13.0. The molecule has 0 heterocycles. The van der Waals surface area contributed by atoms with E-state index in [0.29, 0.717) is 24.3 Å². The van der Waals surface area contributed by atoms with Crippen LogP contribution in [0.5, 0.6) is 0 Å². The van der Waals surface area contributed by atoms with E-state index >= 15 is 0 Å². The minimum absolute atomic E-state index is 0.348. The summed E-state index contributed by atoms with van der Waals surface area (Å²) in [5, 5.41) is 9.47. The summed E-state index contributed by atoms with van der Waals surface area (Å²) < 4.78 is 0. The van der Waals surface area contributed by atoms with Crippen molar-refractivity contribution in [3.63, 3.8) is 0 Å². The van der Waals surface area contributed by atoms with Gasteiger partial charge in [0, 0.05) is 6.04 Å². The number of carbonyl (C=O) groups is 1. The predicted molar refractivity (Wildman–Crippen MR) is 83.3 cm³/mol. The summed E-state index contributed by atoms with van der Waals surface area (Å²) in [6.45, 7) is 1.97. The predicted octanol–water partition coefficient (Wildman–Crippen LogP) is 2.98. The molecule has 0 spiro atoms. The van der Waals surface area contributed by atoms with Gasteiger partial charge in [0.15, 0.2) is 0 Å². The summed E-state index contributed by atoms with van der Waals surface area (Å²) in [7, 11) is 2.02. The minimum atomic E-state index is -0.679. The molecule has 0 amide bonds. The molecule has 21 heavy (non-hydrogen) atoms. The van der Waals surface area contributed by atoms with Crippen molar-refractivity contribution in [2.24, 2.45) is 11.8 Å². The number of likely N-dealkylation sites (N-methyl/N-ethyl adjacent to an activating group) is 1. The fourth-order valence-corrected chi connectivity index (χ4v) is 4.63. The lowest BCUT2D eigenvalue weighted by molar-refractivity contribution is -0.144. The first-order valence-corrected chi connectivity index (χ1v) is 8.13. The lowest BCUT2D eigenvalue weighted by atomic mass is 9.92. The van der Waals surface area contributed by atoms with Crippen molar-refractivity contribution in [1.29, 1.82) is 0 Å². The Kier molecular flexibility index (Phi) is 4.03. The van der Waals surface area contributed by atoms with Gasteiger partial charge in [0.05, 0.1) is 0 Å². The Morgan fingerprint density at radius 3 is 2.19 bits per heavy atom. The summed E-state index contributed by atoms with van der Waals surface area (Å²) in [6.07, 6.45) is 5.37. The van der Waals surface area contributed by atoms with Gasteiger partial charge in [-0.3, -0.25) is 9.69 Å². The molecule has 3 rings (SSSR count). The maximum Gasteiger partial charge on any atom is 0.320 e. The summed E-state index contributed by atoms with van der Waals surface area (Å²) >= 11 is 0. The number of hydrogen-bond donors (Lipinski definition) is 1. The van der Waals surface area contributed by atoms with Gasteiger partial charge in [-0.1, -0.05) is 31.2 Å². The molecule has 3 nitrogen and oxygen atoms in total. The molecule has 3 unspecified atom stereocenters. The van der Waals surface area contributed by atoms with Gasteiger partial charge >= 0.3 is 5.97 Å². The molecule has 1 aromatic carbocycles. The van der Waals surface area contributed by atoms with E-state index in [1.54, 1.807) is 0 Å². The van der Waals surface area contributed by atoms with Crippen LogP contribution in [0.25, 0.3) is 0 Å². The fourth-order valence-electron chi connectivity index (χ4n) is 4.63. The molecule has 2 aliphatic carbocycles. The molecule has 1 fully saturated rings. The Hall–Kier alpha value is -1.35. The SMILES string of the molecule is CCC(C(=O)O)N(C)C1C2CCC1Cc1ccccc1C2. The molecule has 3 heteroatoms. The van der Waals surface area contributed by atoms with Gasteiger partial charge < -0.3 is 5.11 Å². The first-order valence-electron chi connectivity index (χ1n) is 8.13. The number of hydrogen-bond acceptors (Lipinski definition) is 2. The largest absolute Gasteiger partial charge is 0.480 e. The Morgan fingerprint density at radius 2 is 1.76 bits per heavy atom. The van der Waals surface area contributed by atoms with Gasteiger partial charge in [-0.25, -0.2) is 0 Å². The highest BCUT2D eigenvalue weighted by molar-refractivity contribution is 5.73. The quantitative estimate of drug-likeness (QED) is 0.925. The smallest absolute Gasteiger partial charge is 0.320 e. The molecular weight excluding hydrogens is 262 g/mol. The summed E-state index contributed by atoms with van der Waals surface area (Å²) in [5.41, 5.74) is 2.96. The molecule has 2 aliphatic rings. The first-order chi connectivity index (χ1) is 10.1. The van der Waals surface area contributed by atoms with E-state index in [2.05, 4.69) is 29.2 Å². The lowest BCUT2D eigenvalue weighted by Crippen LogP contribution is -2.48. The van der Waals surface area contributed by atoms with Gasteiger partial charge in [-0.2, -0.15) is 0 Å². The highest BCUT2D eigenvalue weighted by Crippen LogP contribution is 2.42. The third-order valence-corrected chi connectivity index (χ3v) is 5.59. The highest BCUT2D eigenvalue weighted by atomic mass is 16.4. The van der Waals surface area contributed by atoms with E-state index in [-0.39, 0.29) is 6.04 Å². The number of carboxylic acid groups (broad SMARTS) is 1. The second-order valence-corrected chi connectivity index (χ2v) is 6.69. The maximum atomic E-state index is 11.5. The average molecular weight is 287 g/mol. The van der Waals surface area contributed by atoms with E-state index in [9.17, 15) is 9.90 Å². The molecule has 1 aromatic rings. The second-order valence-electron chi connectivity index (χ2n) is 6.69. The third kappa shape index (κ3) is 2.59. The van der Waals surface area contributed by atoms with Crippen LogP contribution >= 0.6 is 0 Å². The van der Waals surface area contributed by atoms with E-state index in [4.69, 9.17) is 0 Å². The van der Waals surface area contributed by atoms with Gasteiger partial charge in [0.25, 0.3) is 0 Å². The van der Waals surface area contributed by atoms with Crippen LogP contribution < -0.4 is 0 Å². The molecule has 0 aromatic heterocycles. The number of carboxylic acids is 1. The van der Waals surface area contributed by atoms with Crippen molar-refractivity contribution in [1.82, 2.24) is 4.90 Å². The molecule has 2 bridgehead atoms. The van der Waals surface area contributed by atoms with Crippen LogP contribution in [-0.4, -0.2) is 35.1 Å². The van der Waals surface area contributed by atoms with E-state index in [1.807, 2.05) is 14.0 Å². The Balaban J connectivity index is 1.87. The van der Waals surface area contributed by atoms with Crippen molar-refractivity contribution in [2.75, 3.05) is 7.05 Å². The zero-order chi connectivity index (χ0) is 15.0. The number of aliphatic carboxylic acids is 1. The zero-order valence-electron chi connectivity index (χ0n) is 13.0. The van der Waals surface area contributed by atoms with Gasteiger partial charge in [0.1, 0.15) is 6.04 Å². The molecule has 3 atom stereocenters. The van der Waals surface area contributed by atoms with Crippen LogP contribution in [0.3, 0.4) is 0 Å². The molecule has 0 saturated heterocycles. The van der Waals surface area contributed by atoms with Crippen molar-refractivity contribution in [3.8, 4) is 0 Å². The van der Waals surface area contributed by atoms with Crippen molar-refractivity contribution in [2.45, 2.75) is 51.1 Å². The van der Waals surface area contributed by atoms with Crippen molar-refractivity contribution in [3.05, 3.63) is 35.4 Å². The van der Waals surface area contributed by atoms with Crippen LogP contribution in [0.2, 0.25) is 0 Å². The van der Waals surface area contributed by atoms with E-state index in [0.717, 1.165) is 12.8 Å². The number of benzene rings is 1. The molecule has 1 N–H and O–H groups in total. The second kappa shape index (κ2) is 5.80. The monoisotopic (exact) mass is 287 g/mol. The van der Waals surface area contributed by atoms with Crippen molar-refractivity contribution < 1.29 is 9.90 Å². The summed E-state index contributed by atoms with van der Waals surface area (Å²) in [5.74, 6) is 0.537. The van der Waals surface area contributed by atoms with Crippen LogP contribution in [0.1, 0.15) is 37.3 Å². The summed E-state index contributed by atoms with van der Waals surface area (Å²) in [6, 6.07) is 8.83. The molecule has 0 aliphatic heterocycles. The molecule has 114 valence electrons. The maximum absolute atomic E-state index is 11.5. The highest BCUT2D eigenvalue weighted by Gasteiger charge is 2.43. The topological polar surface area (TPSA) is 40.5 Å². The van der Waals surface area contributed by atoms with Crippen LogP contribution in [0.4, 0.5) is 0 Å². The average Bonchev–Trinajstić information content (AvgIpc) is 2.74. The fraction of sp³-hybridized carbons (Fsp3) is 0.611. The van der Waals surface area contributed by atoms with Gasteiger partial charge in [-0.15, -0.1) is 0 Å². The molecule has 0 radical (unpaired) electrons. The Labute approximate surface area is 127 Å². The van der Waals surface area contributed by atoms with E-state index < -0.39 is 5.97 Å². The number of fused-ring (bicyclic) bond motifs is 3. The van der Waals surface area contributed by atoms with Crippen LogP contribution in [0, 0.1) is 11.8 Å². The minimum Gasteiger partial charge on any atom is -0.480 e. The first kappa shape index (κ1) is 14.6. The van der Waals surface area contributed by atoms with Crippen LogP contribution in [-0.2, 0) is 17.6 Å².